The summed E-state index contributed by atoms with van der Waals surface area (Å²) in [7, 11) is 0. The number of nitrogens with one attached hydrogen (secondary N) is 2. The highest BCUT2D eigenvalue weighted by molar-refractivity contribution is 7.80. The summed E-state index contributed by atoms with van der Waals surface area (Å²) in [6.45, 7) is 0.787. The minimum Gasteiger partial charge on any atom is -0.433 e. The van der Waals surface area contributed by atoms with Crippen LogP contribution in [0, 0.1) is 13.8 Å². The maximum absolute atomic E-state index is 12.5. The zero-order valence-corrected chi connectivity index (χ0v) is 14.1. The van der Waals surface area contributed by atoms with E-state index in [1.165, 1.54) is 6.07 Å². The van der Waals surface area contributed by atoms with Gasteiger partial charge in [-0.2, -0.15) is 8.78 Å². The SMILES string of the molecule is Cc1ccc(OC(F)F)c(NC(=S)Nc2cccc(Cl)c2C)c1. The first-order valence-electron chi connectivity index (χ1n) is 6.75. The van der Waals surface area contributed by atoms with Crippen LogP contribution in [-0.2, 0) is 0 Å². The second-order valence-electron chi connectivity index (χ2n) is 4.87. The van der Waals surface area contributed by atoms with Gasteiger partial charge in [0, 0.05) is 10.7 Å². The van der Waals surface area contributed by atoms with E-state index < -0.39 is 6.61 Å². The molecule has 3 nitrogen and oxygen atoms in total. The summed E-state index contributed by atoms with van der Waals surface area (Å²) in [5.41, 5.74) is 2.82. The van der Waals surface area contributed by atoms with Gasteiger partial charge in [-0.25, -0.2) is 0 Å². The monoisotopic (exact) mass is 356 g/mol. The third-order valence-electron chi connectivity index (χ3n) is 3.12. The van der Waals surface area contributed by atoms with Crippen LogP contribution >= 0.6 is 23.8 Å². The summed E-state index contributed by atoms with van der Waals surface area (Å²) in [5, 5.41) is 6.72. The van der Waals surface area contributed by atoms with Crippen LogP contribution in [0.1, 0.15) is 11.1 Å². The number of hydrogen-bond acceptors (Lipinski definition) is 2. The van der Waals surface area contributed by atoms with Gasteiger partial charge >= 0.3 is 6.61 Å². The number of benzene rings is 2. The molecule has 0 spiro atoms. The number of thiocarbonyl (C=S) groups is 1. The van der Waals surface area contributed by atoms with Crippen molar-refractivity contribution in [3.05, 3.63) is 52.5 Å². The van der Waals surface area contributed by atoms with E-state index in [4.69, 9.17) is 23.8 Å². The average molecular weight is 357 g/mol. The minimum absolute atomic E-state index is 0.0255. The molecule has 2 rings (SSSR count). The molecule has 122 valence electrons. The van der Waals surface area contributed by atoms with E-state index in [2.05, 4.69) is 15.4 Å². The maximum atomic E-state index is 12.5. The molecular weight excluding hydrogens is 342 g/mol. The quantitative estimate of drug-likeness (QED) is 0.722. The Morgan fingerprint density at radius 2 is 1.83 bits per heavy atom. The molecule has 0 aliphatic rings. The van der Waals surface area contributed by atoms with Crippen molar-refractivity contribution in [2.45, 2.75) is 20.5 Å². The van der Waals surface area contributed by atoms with E-state index in [1.807, 2.05) is 19.9 Å². The first-order chi connectivity index (χ1) is 10.9. The van der Waals surface area contributed by atoms with Crippen LogP contribution in [0.2, 0.25) is 5.02 Å². The average Bonchev–Trinajstić information content (AvgIpc) is 2.46. The Labute approximate surface area is 143 Å². The van der Waals surface area contributed by atoms with Crippen molar-refractivity contribution in [3.63, 3.8) is 0 Å². The van der Waals surface area contributed by atoms with Crippen molar-refractivity contribution < 1.29 is 13.5 Å². The lowest BCUT2D eigenvalue weighted by Gasteiger charge is -2.16. The molecule has 0 heterocycles. The lowest BCUT2D eigenvalue weighted by Crippen LogP contribution is -2.20. The second kappa shape index (κ2) is 7.57. The molecule has 2 aromatic rings. The van der Waals surface area contributed by atoms with Crippen LogP contribution in [0.25, 0.3) is 0 Å². The molecule has 0 aliphatic carbocycles. The smallest absolute Gasteiger partial charge is 0.387 e. The normalized spacial score (nSPS) is 10.5. The fourth-order valence-electron chi connectivity index (χ4n) is 1.96. The van der Waals surface area contributed by atoms with Gasteiger partial charge in [0.1, 0.15) is 5.75 Å². The molecule has 0 amide bonds. The fraction of sp³-hybridized carbons (Fsp3) is 0.188. The lowest BCUT2D eigenvalue weighted by molar-refractivity contribution is -0.0493. The van der Waals surface area contributed by atoms with Crippen molar-refractivity contribution in [1.29, 1.82) is 0 Å². The van der Waals surface area contributed by atoms with E-state index in [-0.39, 0.29) is 10.9 Å². The van der Waals surface area contributed by atoms with Crippen LogP contribution < -0.4 is 15.4 Å². The zero-order valence-electron chi connectivity index (χ0n) is 12.5. The van der Waals surface area contributed by atoms with E-state index >= 15 is 0 Å². The van der Waals surface area contributed by atoms with E-state index in [1.54, 1.807) is 24.3 Å². The zero-order chi connectivity index (χ0) is 17.0. The molecule has 0 aliphatic heterocycles. The molecule has 0 unspecified atom stereocenters. The van der Waals surface area contributed by atoms with Crippen molar-refractivity contribution >= 4 is 40.3 Å². The Morgan fingerprint density at radius 3 is 2.52 bits per heavy atom. The maximum Gasteiger partial charge on any atom is 0.387 e. The van der Waals surface area contributed by atoms with E-state index in [9.17, 15) is 8.78 Å². The van der Waals surface area contributed by atoms with Gasteiger partial charge in [-0.05, 0) is 61.5 Å². The highest BCUT2D eigenvalue weighted by atomic mass is 35.5. The van der Waals surface area contributed by atoms with Crippen molar-refractivity contribution in [3.8, 4) is 5.75 Å². The molecule has 0 bridgehead atoms. The Balaban J connectivity index is 2.16. The van der Waals surface area contributed by atoms with Crippen molar-refractivity contribution in [2.75, 3.05) is 10.6 Å². The van der Waals surface area contributed by atoms with Gasteiger partial charge in [-0.15, -0.1) is 0 Å². The van der Waals surface area contributed by atoms with E-state index in [0.29, 0.717) is 10.7 Å². The first kappa shape index (κ1) is 17.4. The number of ether oxygens (including phenoxy) is 1. The molecule has 0 saturated heterocycles. The minimum atomic E-state index is -2.91. The largest absolute Gasteiger partial charge is 0.433 e. The standard InChI is InChI=1S/C16H15ClF2N2OS/c1-9-6-7-14(22-15(18)19)13(8-9)21-16(23)20-12-5-3-4-11(17)10(12)2/h3-8,15H,1-2H3,(H2,20,21,23). The number of aryl methyl sites for hydroxylation is 1. The molecule has 23 heavy (non-hydrogen) atoms. The van der Waals surface area contributed by atoms with Gasteiger partial charge in [-0.3, -0.25) is 0 Å². The van der Waals surface area contributed by atoms with Crippen LogP contribution in [0.3, 0.4) is 0 Å². The summed E-state index contributed by atoms with van der Waals surface area (Å²) < 4.78 is 29.4. The molecular formula is C16H15ClF2N2OS. The predicted octanol–water partition coefficient (Wildman–Crippen LogP) is 5.37. The lowest BCUT2D eigenvalue weighted by atomic mass is 10.2. The van der Waals surface area contributed by atoms with Gasteiger partial charge in [0.15, 0.2) is 5.11 Å². The predicted molar refractivity (Wildman–Crippen MR) is 93.8 cm³/mol. The third kappa shape index (κ3) is 4.77. The highest BCUT2D eigenvalue weighted by Crippen LogP contribution is 2.28. The van der Waals surface area contributed by atoms with Crippen LogP contribution in [0.4, 0.5) is 20.2 Å². The van der Waals surface area contributed by atoms with Crippen molar-refractivity contribution in [2.24, 2.45) is 0 Å². The number of rotatable bonds is 4. The highest BCUT2D eigenvalue weighted by Gasteiger charge is 2.12. The number of alkyl halides is 2. The van der Waals surface area contributed by atoms with E-state index in [0.717, 1.165) is 16.8 Å². The summed E-state index contributed by atoms with van der Waals surface area (Å²) in [6.07, 6.45) is 0. The molecule has 0 atom stereocenters. The second-order valence-corrected chi connectivity index (χ2v) is 5.69. The summed E-state index contributed by atoms with van der Waals surface area (Å²) in [5.74, 6) is 0.0255. The molecule has 0 aromatic heterocycles. The van der Waals surface area contributed by atoms with Gasteiger partial charge in [0.2, 0.25) is 0 Å². The van der Waals surface area contributed by atoms with Crippen LogP contribution in [0.5, 0.6) is 5.75 Å². The Morgan fingerprint density at radius 1 is 1.13 bits per heavy atom. The molecule has 2 N–H and O–H groups in total. The molecule has 7 heteroatoms. The van der Waals surface area contributed by atoms with Crippen molar-refractivity contribution in [1.82, 2.24) is 0 Å². The Kier molecular flexibility index (Phi) is 5.74. The number of halogens is 3. The molecule has 2 aromatic carbocycles. The fourth-order valence-corrected chi connectivity index (χ4v) is 2.35. The molecule has 0 saturated carbocycles. The first-order valence-corrected chi connectivity index (χ1v) is 7.54. The number of anilines is 2. The molecule has 0 radical (unpaired) electrons. The Bertz CT molecular complexity index is 725. The summed E-state index contributed by atoms with van der Waals surface area (Å²) in [4.78, 5) is 0. The van der Waals surface area contributed by atoms with Gasteiger partial charge in [0.25, 0.3) is 0 Å². The summed E-state index contributed by atoms with van der Waals surface area (Å²) >= 11 is 11.3. The third-order valence-corrected chi connectivity index (χ3v) is 3.73. The van der Waals surface area contributed by atoms with Crippen LogP contribution in [0.15, 0.2) is 36.4 Å². The Hall–Kier alpha value is -1.92. The summed E-state index contributed by atoms with van der Waals surface area (Å²) in [6, 6.07) is 10.2. The van der Waals surface area contributed by atoms with Gasteiger partial charge in [-0.1, -0.05) is 23.7 Å². The van der Waals surface area contributed by atoms with Gasteiger partial charge < -0.3 is 15.4 Å². The molecule has 0 fully saturated rings. The topological polar surface area (TPSA) is 33.3 Å². The number of hydrogen-bond donors (Lipinski definition) is 2. The van der Waals surface area contributed by atoms with Gasteiger partial charge in [0.05, 0.1) is 5.69 Å². The van der Waals surface area contributed by atoms with Crippen LogP contribution in [-0.4, -0.2) is 11.7 Å².